The Balaban J connectivity index is 2.31. The fraction of sp³-hybridized carbons (Fsp3) is 0.231. The number of aliphatic carboxylic acids is 1. The Labute approximate surface area is 104 Å². The zero-order chi connectivity index (χ0) is 13.0. The van der Waals surface area contributed by atoms with Gasteiger partial charge in [0, 0.05) is 23.5 Å². The highest BCUT2D eigenvalue weighted by Crippen LogP contribution is 2.28. The number of pyridine rings is 1. The molecule has 1 heterocycles. The summed E-state index contributed by atoms with van der Waals surface area (Å²) >= 11 is 0. The molecule has 0 spiro atoms. The zero-order valence-corrected chi connectivity index (χ0v) is 10.0. The van der Waals surface area contributed by atoms with E-state index in [0.29, 0.717) is 12.4 Å². The molecule has 0 amide bonds. The number of ether oxygens (including phenoxy) is 1. The summed E-state index contributed by atoms with van der Waals surface area (Å²) in [7, 11) is 1.62. The highest BCUT2D eigenvalue weighted by atomic mass is 16.5. The standard InChI is InChI=1S/C13H14N2O3/c1-18-11-4-2-3-10-9(11)5-7-14-13(10)15-8-6-12(16)17/h2-5,7H,6,8H2,1H3,(H,14,15)(H,16,17). The first-order chi connectivity index (χ1) is 8.72. The third kappa shape index (κ3) is 2.51. The van der Waals surface area contributed by atoms with Crippen LogP contribution < -0.4 is 10.1 Å². The Morgan fingerprint density at radius 1 is 1.39 bits per heavy atom. The van der Waals surface area contributed by atoms with Crippen molar-refractivity contribution in [3.63, 3.8) is 0 Å². The molecule has 2 aromatic rings. The maximum atomic E-state index is 10.5. The van der Waals surface area contributed by atoms with Crippen molar-refractivity contribution in [3.8, 4) is 5.75 Å². The molecule has 0 saturated heterocycles. The molecule has 2 rings (SSSR count). The van der Waals surface area contributed by atoms with Crippen LogP contribution in [0.5, 0.6) is 5.75 Å². The third-order valence-corrected chi connectivity index (χ3v) is 2.62. The number of benzene rings is 1. The van der Waals surface area contributed by atoms with E-state index in [1.807, 2.05) is 24.3 Å². The van der Waals surface area contributed by atoms with E-state index in [2.05, 4.69) is 10.3 Å². The van der Waals surface area contributed by atoms with E-state index in [1.165, 1.54) is 0 Å². The van der Waals surface area contributed by atoms with Crippen LogP contribution in [0.1, 0.15) is 6.42 Å². The molecule has 18 heavy (non-hydrogen) atoms. The molecule has 0 unspecified atom stereocenters. The predicted molar refractivity (Wildman–Crippen MR) is 69.0 cm³/mol. The molecule has 5 nitrogen and oxygen atoms in total. The number of carboxylic acids is 1. The van der Waals surface area contributed by atoms with Crippen LogP contribution in [0.2, 0.25) is 0 Å². The van der Waals surface area contributed by atoms with Crippen molar-refractivity contribution >= 4 is 22.6 Å². The smallest absolute Gasteiger partial charge is 0.305 e. The van der Waals surface area contributed by atoms with Gasteiger partial charge in [0.2, 0.25) is 0 Å². The second-order valence-corrected chi connectivity index (χ2v) is 3.79. The monoisotopic (exact) mass is 246 g/mol. The van der Waals surface area contributed by atoms with Gasteiger partial charge in [-0.3, -0.25) is 4.79 Å². The van der Waals surface area contributed by atoms with E-state index >= 15 is 0 Å². The zero-order valence-electron chi connectivity index (χ0n) is 10.0. The van der Waals surface area contributed by atoms with E-state index in [9.17, 15) is 4.79 Å². The number of methoxy groups -OCH3 is 1. The topological polar surface area (TPSA) is 71.5 Å². The minimum atomic E-state index is -0.833. The summed E-state index contributed by atoms with van der Waals surface area (Å²) in [5.74, 6) is 0.615. The summed E-state index contributed by atoms with van der Waals surface area (Å²) in [6, 6.07) is 7.55. The molecule has 0 radical (unpaired) electrons. The molecule has 0 atom stereocenters. The lowest BCUT2D eigenvalue weighted by Gasteiger charge is -2.10. The Hall–Kier alpha value is -2.30. The number of carboxylic acid groups (broad SMARTS) is 1. The first-order valence-electron chi connectivity index (χ1n) is 5.60. The van der Waals surface area contributed by atoms with Crippen molar-refractivity contribution in [2.75, 3.05) is 19.0 Å². The molecule has 0 aliphatic rings. The number of fused-ring (bicyclic) bond motifs is 1. The number of hydrogen-bond acceptors (Lipinski definition) is 4. The molecule has 94 valence electrons. The number of aromatic nitrogens is 1. The van der Waals surface area contributed by atoms with Gasteiger partial charge < -0.3 is 15.2 Å². The molecule has 2 N–H and O–H groups in total. The lowest BCUT2D eigenvalue weighted by molar-refractivity contribution is -0.136. The SMILES string of the molecule is COc1cccc2c(NCCC(=O)O)nccc12. The number of nitrogens with zero attached hydrogens (tertiary/aromatic N) is 1. The van der Waals surface area contributed by atoms with E-state index in [-0.39, 0.29) is 6.42 Å². The maximum Gasteiger partial charge on any atom is 0.305 e. The molecule has 0 saturated carbocycles. The molecule has 0 aliphatic carbocycles. The van der Waals surface area contributed by atoms with Gasteiger partial charge in [-0.25, -0.2) is 4.98 Å². The van der Waals surface area contributed by atoms with Crippen LogP contribution in [0.4, 0.5) is 5.82 Å². The van der Waals surface area contributed by atoms with Gasteiger partial charge in [-0.15, -0.1) is 0 Å². The second-order valence-electron chi connectivity index (χ2n) is 3.79. The van der Waals surface area contributed by atoms with Crippen molar-refractivity contribution in [3.05, 3.63) is 30.5 Å². The van der Waals surface area contributed by atoms with Gasteiger partial charge in [0.15, 0.2) is 0 Å². The quantitative estimate of drug-likeness (QED) is 0.845. The number of hydrogen-bond donors (Lipinski definition) is 2. The fourth-order valence-corrected chi connectivity index (χ4v) is 1.79. The lowest BCUT2D eigenvalue weighted by atomic mass is 10.1. The van der Waals surface area contributed by atoms with Crippen LogP contribution in [-0.4, -0.2) is 29.7 Å². The molecule has 0 fully saturated rings. The average Bonchev–Trinajstić information content (AvgIpc) is 2.38. The Morgan fingerprint density at radius 2 is 2.22 bits per heavy atom. The van der Waals surface area contributed by atoms with E-state index < -0.39 is 5.97 Å². The molecule has 0 aliphatic heterocycles. The van der Waals surface area contributed by atoms with Crippen molar-refractivity contribution in [1.82, 2.24) is 4.98 Å². The van der Waals surface area contributed by atoms with E-state index in [1.54, 1.807) is 13.3 Å². The number of nitrogens with one attached hydrogen (secondary N) is 1. The van der Waals surface area contributed by atoms with Crippen molar-refractivity contribution in [1.29, 1.82) is 0 Å². The lowest BCUT2D eigenvalue weighted by Crippen LogP contribution is -2.08. The second kappa shape index (κ2) is 5.35. The summed E-state index contributed by atoms with van der Waals surface area (Å²) in [4.78, 5) is 14.7. The predicted octanol–water partition coefficient (Wildman–Crippen LogP) is 2.13. The minimum absolute atomic E-state index is 0.0576. The van der Waals surface area contributed by atoms with Crippen LogP contribution in [0.15, 0.2) is 30.5 Å². The van der Waals surface area contributed by atoms with E-state index in [0.717, 1.165) is 16.5 Å². The van der Waals surface area contributed by atoms with Gasteiger partial charge in [-0.05, 0) is 12.1 Å². The molecule has 5 heteroatoms. The van der Waals surface area contributed by atoms with Crippen molar-refractivity contribution < 1.29 is 14.6 Å². The van der Waals surface area contributed by atoms with Gasteiger partial charge >= 0.3 is 5.97 Å². The van der Waals surface area contributed by atoms with Crippen LogP contribution in [0, 0.1) is 0 Å². The normalized spacial score (nSPS) is 10.3. The fourth-order valence-electron chi connectivity index (χ4n) is 1.79. The van der Waals surface area contributed by atoms with Gasteiger partial charge in [0.1, 0.15) is 11.6 Å². The van der Waals surface area contributed by atoms with Crippen LogP contribution in [0.25, 0.3) is 10.8 Å². The van der Waals surface area contributed by atoms with Crippen molar-refractivity contribution in [2.45, 2.75) is 6.42 Å². The van der Waals surface area contributed by atoms with Gasteiger partial charge in [-0.2, -0.15) is 0 Å². The first-order valence-corrected chi connectivity index (χ1v) is 5.60. The number of rotatable bonds is 5. The number of carbonyl (C=O) groups is 1. The summed E-state index contributed by atoms with van der Waals surface area (Å²) in [6.07, 6.45) is 1.73. The molecule has 1 aromatic carbocycles. The molecular formula is C13H14N2O3. The molecule has 0 bridgehead atoms. The van der Waals surface area contributed by atoms with Gasteiger partial charge in [0.25, 0.3) is 0 Å². The summed E-state index contributed by atoms with van der Waals surface area (Å²) < 4.78 is 5.28. The Bertz CT molecular complexity index is 569. The largest absolute Gasteiger partial charge is 0.496 e. The maximum absolute atomic E-state index is 10.5. The molecule has 1 aromatic heterocycles. The molecular weight excluding hydrogens is 232 g/mol. The summed E-state index contributed by atoms with van der Waals surface area (Å²) in [5, 5.41) is 13.5. The van der Waals surface area contributed by atoms with Crippen LogP contribution in [-0.2, 0) is 4.79 Å². The van der Waals surface area contributed by atoms with Gasteiger partial charge in [0.05, 0.1) is 13.5 Å². The summed E-state index contributed by atoms with van der Waals surface area (Å²) in [5.41, 5.74) is 0. The van der Waals surface area contributed by atoms with Crippen LogP contribution in [0.3, 0.4) is 0 Å². The first kappa shape index (κ1) is 12.2. The highest BCUT2D eigenvalue weighted by molar-refractivity contribution is 5.95. The van der Waals surface area contributed by atoms with Gasteiger partial charge in [-0.1, -0.05) is 12.1 Å². The third-order valence-electron chi connectivity index (χ3n) is 2.62. The Kier molecular flexibility index (Phi) is 3.62. The Morgan fingerprint density at radius 3 is 2.94 bits per heavy atom. The van der Waals surface area contributed by atoms with E-state index in [4.69, 9.17) is 9.84 Å². The van der Waals surface area contributed by atoms with Crippen LogP contribution >= 0.6 is 0 Å². The minimum Gasteiger partial charge on any atom is -0.496 e. The highest BCUT2D eigenvalue weighted by Gasteiger charge is 2.06. The number of anilines is 1. The summed E-state index contributed by atoms with van der Waals surface area (Å²) in [6.45, 7) is 0.346. The van der Waals surface area contributed by atoms with Crippen molar-refractivity contribution in [2.24, 2.45) is 0 Å². The average molecular weight is 246 g/mol.